The lowest BCUT2D eigenvalue weighted by Crippen LogP contribution is -2.51. The van der Waals surface area contributed by atoms with Crippen LogP contribution in [0.15, 0.2) is 4.52 Å². The second kappa shape index (κ2) is 5.38. The number of hydrogen-bond donors (Lipinski definition) is 1. The molecular weight excluding hydrogens is 232 g/mol. The molecule has 1 N–H and O–H groups in total. The minimum atomic E-state index is -0.116. The van der Waals surface area contributed by atoms with Gasteiger partial charge in [-0.2, -0.15) is 0 Å². The quantitative estimate of drug-likeness (QED) is 0.884. The number of aryl methyl sites for hydroxylation is 2. The van der Waals surface area contributed by atoms with E-state index in [1.165, 1.54) is 0 Å². The largest absolute Gasteiger partial charge is 0.374 e. The predicted octanol–water partition coefficient (Wildman–Crippen LogP) is 1.58. The van der Waals surface area contributed by atoms with E-state index in [-0.39, 0.29) is 11.7 Å². The molecule has 5 heteroatoms. The molecule has 0 amide bonds. The summed E-state index contributed by atoms with van der Waals surface area (Å²) in [6.45, 7) is 10.8. The van der Waals surface area contributed by atoms with E-state index in [0.717, 1.165) is 30.1 Å². The van der Waals surface area contributed by atoms with E-state index in [9.17, 15) is 0 Å². The summed E-state index contributed by atoms with van der Waals surface area (Å²) >= 11 is 0. The Labute approximate surface area is 108 Å². The molecule has 1 aliphatic heterocycles. The summed E-state index contributed by atoms with van der Waals surface area (Å²) in [4.78, 5) is 0. The van der Waals surface area contributed by atoms with Crippen LogP contribution in [-0.2, 0) is 16.1 Å². The maximum Gasteiger partial charge on any atom is 0.139 e. The number of ether oxygens (including phenoxy) is 2. The average molecular weight is 254 g/mol. The molecule has 1 fully saturated rings. The van der Waals surface area contributed by atoms with Gasteiger partial charge in [0, 0.05) is 18.7 Å². The molecular formula is C13H22N2O3. The summed E-state index contributed by atoms with van der Waals surface area (Å²) in [6.07, 6.45) is 0.106. The van der Waals surface area contributed by atoms with Gasteiger partial charge in [0.25, 0.3) is 0 Å². The highest BCUT2D eigenvalue weighted by Gasteiger charge is 2.28. The molecule has 0 spiro atoms. The minimum absolute atomic E-state index is 0.106. The molecule has 0 radical (unpaired) electrons. The molecule has 1 atom stereocenters. The number of aromatic nitrogens is 1. The Bertz CT molecular complexity index is 381. The standard InChI is InChI=1S/C13H22N2O3/c1-9-12(10(2)18-15-9)7-16-6-11-5-14-8-13(3,4)17-11/h11,14H,5-8H2,1-4H3. The molecule has 5 nitrogen and oxygen atoms in total. The van der Waals surface area contributed by atoms with Crippen LogP contribution in [-0.4, -0.2) is 36.6 Å². The Morgan fingerprint density at radius 1 is 1.44 bits per heavy atom. The number of morpholine rings is 1. The molecule has 102 valence electrons. The first kappa shape index (κ1) is 13.5. The SMILES string of the molecule is Cc1noc(C)c1COCC1CNCC(C)(C)O1. The van der Waals surface area contributed by atoms with Gasteiger partial charge in [-0.25, -0.2) is 0 Å². The van der Waals surface area contributed by atoms with Gasteiger partial charge in [0.2, 0.25) is 0 Å². The molecule has 0 bridgehead atoms. The van der Waals surface area contributed by atoms with Crippen LogP contribution < -0.4 is 5.32 Å². The van der Waals surface area contributed by atoms with Crippen molar-refractivity contribution >= 4 is 0 Å². The molecule has 2 heterocycles. The summed E-state index contributed by atoms with van der Waals surface area (Å²) in [7, 11) is 0. The van der Waals surface area contributed by atoms with E-state index in [1.54, 1.807) is 0 Å². The van der Waals surface area contributed by atoms with E-state index in [1.807, 2.05) is 13.8 Å². The fourth-order valence-corrected chi connectivity index (χ4v) is 2.16. The highest BCUT2D eigenvalue weighted by Crippen LogP contribution is 2.17. The van der Waals surface area contributed by atoms with Crippen molar-refractivity contribution in [3.63, 3.8) is 0 Å². The van der Waals surface area contributed by atoms with Crippen molar-refractivity contribution in [1.82, 2.24) is 10.5 Å². The average Bonchev–Trinajstić information content (AvgIpc) is 2.59. The predicted molar refractivity (Wildman–Crippen MR) is 67.5 cm³/mol. The van der Waals surface area contributed by atoms with Gasteiger partial charge >= 0.3 is 0 Å². The molecule has 1 aromatic rings. The number of hydrogen-bond acceptors (Lipinski definition) is 5. The second-order valence-corrected chi connectivity index (χ2v) is 5.45. The number of nitrogens with zero attached hydrogens (tertiary/aromatic N) is 1. The Hall–Kier alpha value is -0.910. The molecule has 2 rings (SSSR count). The monoisotopic (exact) mass is 254 g/mol. The Morgan fingerprint density at radius 2 is 2.22 bits per heavy atom. The molecule has 0 saturated carbocycles. The van der Waals surface area contributed by atoms with Crippen LogP contribution in [0.5, 0.6) is 0 Å². The number of rotatable bonds is 4. The van der Waals surface area contributed by atoms with E-state index in [2.05, 4.69) is 24.3 Å². The van der Waals surface area contributed by atoms with Gasteiger partial charge in [0.05, 0.1) is 30.6 Å². The van der Waals surface area contributed by atoms with Crippen molar-refractivity contribution in [2.24, 2.45) is 0 Å². The summed E-state index contributed by atoms with van der Waals surface area (Å²) in [6, 6.07) is 0. The van der Waals surface area contributed by atoms with Gasteiger partial charge in [0.1, 0.15) is 5.76 Å². The third-order valence-electron chi connectivity index (χ3n) is 3.14. The number of nitrogens with one attached hydrogen (secondary N) is 1. The van der Waals surface area contributed by atoms with Gasteiger partial charge < -0.3 is 19.3 Å². The summed E-state index contributed by atoms with van der Waals surface area (Å²) in [5.41, 5.74) is 1.82. The zero-order valence-electron chi connectivity index (χ0n) is 11.6. The van der Waals surface area contributed by atoms with Gasteiger partial charge in [-0.15, -0.1) is 0 Å². The van der Waals surface area contributed by atoms with Crippen molar-refractivity contribution in [3.05, 3.63) is 17.0 Å². The van der Waals surface area contributed by atoms with Gasteiger partial charge in [0.15, 0.2) is 0 Å². The molecule has 1 saturated heterocycles. The first-order valence-electron chi connectivity index (χ1n) is 6.36. The van der Waals surface area contributed by atoms with Crippen molar-refractivity contribution in [2.45, 2.75) is 46.0 Å². The third kappa shape index (κ3) is 3.31. The summed E-state index contributed by atoms with van der Waals surface area (Å²) < 4.78 is 16.7. The second-order valence-electron chi connectivity index (χ2n) is 5.45. The fourth-order valence-electron chi connectivity index (χ4n) is 2.16. The zero-order valence-corrected chi connectivity index (χ0v) is 11.6. The lowest BCUT2D eigenvalue weighted by Gasteiger charge is -2.36. The van der Waals surface area contributed by atoms with Crippen LogP contribution in [0.4, 0.5) is 0 Å². The van der Waals surface area contributed by atoms with E-state index in [4.69, 9.17) is 14.0 Å². The van der Waals surface area contributed by atoms with E-state index < -0.39 is 0 Å². The van der Waals surface area contributed by atoms with Crippen molar-refractivity contribution in [2.75, 3.05) is 19.7 Å². The van der Waals surface area contributed by atoms with Crippen molar-refractivity contribution in [1.29, 1.82) is 0 Å². The molecule has 18 heavy (non-hydrogen) atoms. The maximum atomic E-state index is 5.93. The van der Waals surface area contributed by atoms with Crippen LogP contribution in [0.1, 0.15) is 30.9 Å². The first-order chi connectivity index (χ1) is 8.48. The normalized spacial score (nSPS) is 23.2. The molecule has 0 aromatic carbocycles. The summed E-state index contributed by atoms with van der Waals surface area (Å²) in [5, 5.41) is 7.26. The van der Waals surface area contributed by atoms with E-state index in [0.29, 0.717) is 13.2 Å². The van der Waals surface area contributed by atoms with Crippen LogP contribution >= 0.6 is 0 Å². The van der Waals surface area contributed by atoms with Crippen molar-refractivity contribution in [3.8, 4) is 0 Å². The first-order valence-corrected chi connectivity index (χ1v) is 6.36. The molecule has 1 unspecified atom stereocenters. The molecule has 1 aliphatic rings. The van der Waals surface area contributed by atoms with Crippen LogP contribution in [0.2, 0.25) is 0 Å². The van der Waals surface area contributed by atoms with Gasteiger partial charge in [-0.3, -0.25) is 0 Å². The van der Waals surface area contributed by atoms with E-state index >= 15 is 0 Å². The Morgan fingerprint density at radius 3 is 2.83 bits per heavy atom. The fraction of sp³-hybridized carbons (Fsp3) is 0.769. The lowest BCUT2D eigenvalue weighted by atomic mass is 10.1. The summed E-state index contributed by atoms with van der Waals surface area (Å²) in [5.74, 6) is 0.829. The highest BCUT2D eigenvalue weighted by atomic mass is 16.5. The Balaban J connectivity index is 1.79. The molecule has 0 aliphatic carbocycles. The Kier molecular flexibility index (Phi) is 4.04. The van der Waals surface area contributed by atoms with Crippen LogP contribution in [0.25, 0.3) is 0 Å². The smallest absolute Gasteiger partial charge is 0.139 e. The maximum absolute atomic E-state index is 5.93. The minimum Gasteiger partial charge on any atom is -0.374 e. The van der Waals surface area contributed by atoms with Crippen molar-refractivity contribution < 1.29 is 14.0 Å². The van der Waals surface area contributed by atoms with Gasteiger partial charge in [-0.1, -0.05) is 5.16 Å². The van der Waals surface area contributed by atoms with Crippen LogP contribution in [0.3, 0.4) is 0 Å². The topological polar surface area (TPSA) is 56.5 Å². The lowest BCUT2D eigenvalue weighted by molar-refractivity contribution is -0.122. The zero-order chi connectivity index (χ0) is 13.2. The van der Waals surface area contributed by atoms with Gasteiger partial charge in [-0.05, 0) is 27.7 Å². The highest BCUT2D eigenvalue weighted by molar-refractivity contribution is 5.19. The van der Waals surface area contributed by atoms with Crippen LogP contribution in [0, 0.1) is 13.8 Å². The third-order valence-corrected chi connectivity index (χ3v) is 3.14. The molecule has 1 aromatic heterocycles.